The monoisotopic (exact) mass is 288 g/mol. The molecule has 1 atom stereocenters. The molecule has 1 N–H and O–H groups in total. The molecular weight excluding hydrogens is 272 g/mol. The molecule has 1 aromatic heterocycles. The van der Waals surface area contributed by atoms with E-state index in [-0.39, 0.29) is 0 Å². The van der Waals surface area contributed by atoms with E-state index in [1.165, 1.54) is 24.3 Å². The average Bonchev–Trinajstić information content (AvgIpc) is 3.16. The van der Waals surface area contributed by atoms with Gasteiger partial charge in [-0.05, 0) is 37.6 Å². The van der Waals surface area contributed by atoms with Crippen LogP contribution in [0.3, 0.4) is 0 Å². The van der Waals surface area contributed by atoms with Gasteiger partial charge in [0.05, 0.1) is 11.7 Å². The van der Waals surface area contributed by atoms with Crippen LogP contribution in [0.2, 0.25) is 0 Å². The lowest BCUT2D eigenvalue weighted by Crippen LogP contribution is -2.26. The summed E-state index contributed by atoms with van der Waals surface area (Å²) in [7, 11) is 0. The molecular formula is C15H16N2O2S. The van der Waals surface area contributed by atoms with Crippen molar-refractivity contribution in [1.29, 1.82) is 0 Å². The van der Waals surface area contributed by atoms with Crippen molar-refractivity contribution in [2.24, 2.45) is 0 Å². The van der Waals surface area contributed by atoms with E-state index in [1.54, 1.807) is 11.3 Å². The van der Waals surface area contributed by atoms with E-state index in [1.807, 2.05) is 18.2 Å². The summed E-state index contributed by atoms with van der Waals surface area (Å²) in [5.41, 5.74) is 2.11. The molecule has 5 heteroatoms. The average molecular weight is 288 g/mol. The van der Waals surface area contributed by atoms with Crippen molar-refractivity contribution in [3.05, 3.63) is 28.6 Å². The molecule has 2 aliphatic rings. The third kappa shape index (κ3) is 2.17. The maximum atomic E-state index is 5.42. The van der Waals surface area contributed by atoms with Crippen LogP contribution < -0.4 is 14.8 Å². The fourth-order valence-corrected chi connectivity index (χ4v) is 3.64. The molecule has 1 aromatic carbocycles. The minimum atomic E-state index is 0.313. The van der Waals surface area contributed by atoms with Gasteiger partial charge in [-0.1, -0.05) is 6.42 Å². The number of aromatic nitrogens is 1. The Morgan fingerprint density at radius 1 is 1.20 bits per heavy atom. The van der Waals surface area contributed by atoms with Crippen LogP contribution in [0.5, 0.6) is 11.5 Å². The van der Waals surface area contributed by atoms with E-state index < -0.39 is 0 Å². The van der Waals surface area contributed by atoms with Gasteiger partial charge in [0.25, 0.3) is 0 Å². The molecule has 0 amide bonds. The normalized spacial score (nSPS) is 21.1. The molecule has 2 aliphatic heterocycles. The molecule has 3 heterocycles. The van der Waals surface area contributed by atoms with Crippen LogP contribution in [-0.2, 0) is 0 Å². The molecule has 20 heavy (non-hydrogen) atoms. The number of nitrogens with zero attached hydrogens (tertiary/aromatic N) is 1. The molecule has 0 aliphatic carbocycles. The quantitative estimate of drug-likeness (QED) is 0.920. The third-order valence-electron chi connectivity index (χ3n) is 3.80. The van der Waals surface area contributed by atoms with Crippen LogP contribution in [0.1, 0.15) is 30.3 Å². The van der Waals surface area contributed by atoms with Crippen molar-refractivity contribution in [2.75, 3.05) is 13.3 Å². The summed E-state index contributed by atoms with van der Waals surface area (Å²) < 4.78 is 10.8. The highest BCUT2D eigenvalue weighted by molar-refractivity contribution is 7.10. The molecule has 1 saturated heterocycles. The van der Waals surface area contributed by atoms with Crippen molar-refractivity contribution in [3.8, 4) is 22.8 Å². The number of ether oxygens (including phenoxy) is 2. The van der Waals surface area contributed by atoms with E-state index in [0.29, 0.717) is 12.8 Å². The highest BCUT2D eigenvalue weighted by atomic mass is 32.1. The first kappa shape index (κ1) is 12.2. The van der Waals surface area contributed by atoms with Gasteiger partial charge in [0.1, 0.15) is 5.01 Å². The Hall–Kier alpha value is -1.59. The Morgan fingerprint density at radius 3 is 3.05 bits per heavy atom. The number of piperidine rings is 1. The second-order valence-corrected chi connectivity index (χ2v) is 6.03. The van der Waals surface area contributed by atoms with Crippen LogP contribution in [0.15, 0.2) is 23.6 Å². The summed E-state index contributed by atoms with van der Waals surface area (Å²) in [5, 5.41) is 6.87. The van der Waals surface area contributed by atoms with Crippen LogP contribution >= 0.6 is 11.3 Å². The molecule has 2 aromatic rings. The molecule has 0 spiro atoms. The van der Waals surface area contributed by atoms with E-state index in [4.69, 9.17) is 14.5 Å². The fourth-order valence-electron chi connectivity index (χ4n) is 2.70. The number of benzene rings is 1. The van der Waals surface area contributed by atoms with E-state index in [9.17, 15) is 0 Å². The van der Waals surface area contributed by atoms with Gasteiger partial charge in [0.2, 0.25) is 6.79 Å². The van der Waals surface area contributed by atoms with Crippen molar-refractivity contribution in [3.63, 3.8) is 0 Å². The summed E-state index contributed by atoms with van der Waals surface area (Å²) in [4.78, 5) is 4.79. The van der Waals surface area contributed by atoms with Crippen LogP contribution in [-0.4, -0.2) is 18.3 Å². The van der Waals surface area contributed by atoms with Crippen molar-refractivity contribution in [2.45, 2.75) is 25.3 Å². The number of thiazole rings is 1. The lowest BCUT2D eigenvalue weighted by Gasteiger charge is -2.21. The van der Waals surface area contributed by atoms with Crippen LogP contribution in [0, 0.1) is 0 Å². The van der Waals surface area contributed by atoms with E-state index >= 15 is 0 Å². The van der Waals surface area contributed by atoms with Gasteiger partial charge in [-0.15, -0.1) is 11.3 Å². The molecule has 1 fully saturated rings. The summed E-state index contributed by atoms with van der Waals surface area (Å²) in [5.74, 6) is 1.63. The van der Waals surface area contributed by atoms with Crippen molar-refractivity contribution in [1.82, 2.24) is 10.3 Å². The second kappa shape index (κ2) is 5.07. The van der Waals surface area contributed by atoms with Crippen LogP contribution in [0.25, 0.3) is 11.3 Å². The molecule has 104 valence electrons. The molecule has 4 rings (SSSR count). The van der Waals surface area contributed by atoms with Crippen molar-refractivity contribution < 1.29 is 9.47 Å². The van der Waals surface area contributed by atoms with Gasteiger partial charge >= 0.3 is 0 Å². The Labute approximate surface area is 121 Å². The lowest BCUT2D eigenvalue weighted by atomic mass is 10.1. The SMILES string of the molecule is c1cc2c(cc1-c1csc([C@H]3CCCCN3)n1)OCO2. The van der Waals surface area contributed by atoms with Gasteiger partial charge in [0.15, 0.2) is 11.5 Å². The van der Waals surface area contributed by atoms with Gasteiger partial charge in [-0.25, -0.2) is 4.98 Å². The topological polar surface area (TPSA) is 43.4 Å². The number of fused-ring (bicyclic) bond motifs is 1. The van der Waals surface area contributed by atoms with E-state index in [2.05, 4.69) is 10.7 Å². The zero-order valence-corrected chi connectivity index (χ0v) is 11.9. The lowest BCUT2D eigenvalue weighted by molar-refractivity contribution is 0.174. The molecule has 0 saturated carbocycles. The minimum absolute atomic E-state index is 0.313. The standard InChI is InChI=1S/C15H16N2O2S/c1-2-6-16-11(3-1)15-17-12(8-20-15)10-4-5-13-14(7-10)19-9-18-13/h4-5,7-8,11,16H,1-3,6,9H2/t11-/m1/s1. The predicted octanol–water partition coefficient (Wildman–Crippen LogP) is 3.35. The maximum absolute atomic E-state index is 5.42. The van der Waals surface area contributed by atoms with E-state index in [0.717, 1.165) is 29.3 Å². The van der Waals surface area contributed by atoms with Gasteiger partial charge in [-0.3, -0.25) is 0 Å². The fraction of sp³-hybridized carbons (Fsp3) is 0.400. The second-order valence-electron chi connectivity index (χ2n) is 5.14. The first-order chi connectivity index (χ1) is 9.90. The molecule has 4 nitrogen and oxygen atoms in total. The Balaban J connectivity index is 1.61. The van der Waals surface area contributed by atoms with Gasteiger partial charge in [-0.2, -0.15) is 0 Å². The largest absolute Gasteiger partial charge is 0.454 e. The van der Waals surface area contributed by atoms with Crippen molar-refractivity contribution >= 4 is 11.3 Å². The number of nitrogens with one attached hydrogen (secondary N) is 1. The third-order valence-corrected chi connectivity index (χ3v) is 4.76. The Kier molecular flexibility index (Phi) is 3.09. The smallest absolute Gasteiger partial charge is 0.231 e. The first-order valence-electron chi connectivity index (χ1n) is 6.99. The minimum Gasteiger partial charge on any atom is -0.454 e. The highest BCUT2D eigenvalue weighted by Crippen LogP contribution is 2.37. The number of rotatable bonds is 2. The van der Waals surface area contributed by atoms with Gasteiger partial charge in [0, 0.05) is 10.9 Å². The molecule has 0 unspecified atom stereocenters. The highest BCUT2D eigenvalue weighted by Gasteiger charge is 2.19. The zero-order chi connectivity index (χ0) is 13.4. The molecule has 0 bridgehead atoms. The number of hydrogen-bond acceptors (Lipinski definition) is 5. The summed E-state index contributed by atoms with van der Waals surface area (Å²) in [6.07, 6.45) is 3.75. The van der Waals surface area contributed by atoms with Gasteiger partial charge < -0.3 is 14.8 Å². The van der Waals surface area contributed by atoms with Crippen LogP contribution in [0.4, 0.5) is 0 Å². The summed E-state index contributed by atoms with van der Waals surface area (Å²) in [6, 6.07) is 6.43. The Bertz CT molecular complexity index is 620. The zero-order valence-electron chi connectivity index (χ0n) is 11.1. The summed E-state index contributed by atoms with van der Waals surface area (Å²) >= 11 is 1.74. The predicted molar refractivity (Wildman–Crippen MR) is 78.3 cm³/mol. The molecule has 0 radical (unpaired) electrons. The first-order valence-corrected chi connectivity index (χ1v) is 7.87. The maximum Gasteiger partial charge on any atom is 0.231 e. The number of hydrogen-bond donors (Lipinski definition) is 1. The summed E-state index contributed by atoms with van der Waals surface area (Å²) in [6.45, 7) is 1.41. The Morgan fingerprint density at radius 2 is 2.15 bits per heavy atom.